The number of rotatable bonds is 6. The topological polar surface area (TPSA) is 92.8 Å². The molecule has 0 fully saturated rings. The molecule has 3 aromatic carbocycles. The van der Waals surface area contributed by atoms with Crippen molar-refractivity contribution in [1.82, 2.24) is 4.90 Å². The van der Waals surface area contributed by atoms with Crippen LogP contribution >= 0.6 is 0 Å². The van der Waals surface area contributed by atoms with E-state index in [1.165, 1.54) is 25.1 Å². The third-order valence-corrected chi connectivity index (χ3v) is 5.23. The third-order valence-electron chi connectivity index (χ3n) is 5.23. The number of nitrogens with zero attached hydrogens (tertiary/aromatic N) is 1. The molecule has 0 bridgehead atoms. The van der Waals surface area contributed by atoms with Crippen LogP contribution in [0.1, 0.15) is 43.6 Å². The van der Waals surface area contributed by atoms with E-state index in [2.05, 4.69) is 5.32 Å². The second kappa shape index (κ2) is 9.22. The van der Waals surface area contributed by atoms with Gasteiger partial charge in [-0.05, 0) is 42.8 Å². The summed E-state index contributed by atoms with van der Waals surface area (Å²) in [6, 6.07) is 15.5. The molecule has 34 heavy (non-hydrogen) atoms. The Balaban J connectivity index is 1.45. The van der Waals surface area contributed by atoms with Crippen LogP contribution in [0.2, 0.25) is 0 Å². The number of amides is 3. The molecule has 4 rings (SSSR count). The average Bonchev–Trinajstić information content (AvgIpc) is 3.05. The van der Waals surface area contributed by atoms with Crippen LogP contribution in [-0.2, 0) is 16.1 Å². The van der Waals surface area contributed by atoms with Gasteiger partial charge >= 0.3 is 5.97 Å². The first-order valence-electron chi connectivity index (χ1n) is 10.3. The zero-order valence-electron chi connectivity index (χ0n) is 17.9. The summed E-state index contributed by atoms with van der Waals surface area (Å²) in [5, 5.41) is 2.21. The molecule has 1 heterocycles. The lowest BCUT2D eigenvalue weighted by Crippen LogP contribution is -2.30. The molecule has 7 nitrogen and oxygen atoms in total. The largest absolute Gasteiger partial charge is 0.449 e. The summed E-state index contributed by atoms with van der Waals surface area (Å²) in [6.45, 7) is 1.36. The standard InChI is InChI=1S/C25H18F2N2O5/c1-14(22(30)28-21-10-8-17(26)12-20(21)27)34-25(33)16-7-9-18-19(11-16)24(32)29(23(18)31)13-15-5-3-2-4-6-15/h2-12,14H,13H2,1H3,(H,28,30). The number of hydrogen-bond acceptors (Lipinski definition) is 5. The Labute approximate surface area is 192 Å². The van der Waals surface area contributed by atoms with E-state index >= 15 is 0 Å². The van der Waals surface area contributed by atoms with Gasteiger partial charge in [0.25, 0.3) is 17.7 Å². The molecule has 1 aliphatic heterocycles. The molecule has 1 atom stereocenters. The predicted octanol–water partition coefficient (Wildman–Crippen LogP) is 3.95. The number of ether oxygens (including phenoxy) is 1. The van der Waals surface area contributed by atoms with Crippen molar-refractivity contribution >= 4 is 29.4 Å². The number of imide groups is 1. The summed E-state index contributed by atoms with van der Waals surface area (Å²) < 4.78 is 31.9. The minimum absolute atomic E-state index is 0.0333. The molecule has 1 aliphatic rings. The van der Waals surface area contributed by atoms with Gasteiger partial charge in [-0.2, -0.15) is 0 Å². The van der Waals surface area contributed by atoms with Crippen molar-refractivity contribution < 1.29 is 32.7 Å². The highest BCUT2D eigenvalue weighted by molar-refractivity contribution is 6.21. The van der Waals surface area contributed by atoms with Crippen molar-refractivity contribution in [2.45, 2.75) is 19.6 Å². The highest BCUT2D eigenvalue weighted by Crippen LogP contribution is 2.26. The first-order chi connectivity index (χ1) is 16.2. The van der Waals surface area contributed by atoms with E-state index in [-0.39, 0.29) is 28.9 Å². The molecular formula is C25H18F2N2O5. The fraction of sp³-hybridized carbons (Fsp3) is 0.120. The molecule has 0 saturated heterocycles. The molecular weight excluding hydrogens is 446 g/mol. The number of halogens is 2. The van der Waals surface area contributed by atoms with Gasteiger partial charge in [0, 0.05) is 6.07 Å². The number of fused-ring (bicyclic) bond motifs is 1. The lowest BCUT2D eigenvalue weighted by molar-refractivity contribution is -0.123. The summed E-state index contributed by atoms with van der Waals surface area (Å²) in [7, 11) is 0. The van der Waals surface area contributed by atoms with Crippen LogP contribution in [0, 0.1) is 11.6 Å². The Hall–Kier alpha value is -4.40. The summed E-state index contributed by atoms with van der Waals surface area (Å²) in [5.41, 5.74) is 0.688. The summed E-state index contributed by atoms with van der Waals surface area (Å²) in [4.78, 5) is 51.4. The maximum absolute atomic E-state index is 13.7. The SMILES string of the molecule is CC(OC(=O)c1ccc2c(c1)C(=O)N(Cc1ccccc1)C2=O)C(=O)Nc1ccc(F)cc1F. The maximum atomic E-state index is 13.7. The van der Waals surface area contributed by atoms with Gasteiger partial charge in [0.15, 0.2) is 6.10 Å². The molecule has 0 aromatic heterocycles. The van der Waals surface area contributed by atoms with E-state index in [4.69, 9.17) is 4.74 Å². The summed E-state index contributed by atoms with van der Waals surface area (Å²) >= 11 is 0. The first-order valence-corrected chi connectivity index (χ1v) is 10.3. The molecule has 0 radical (unpaired) electrons. The zero-order valence-corrected chi connectivity index (χ0v) is 17.9. The van der Waals surface area contributed by atoms with Crippen molar-refractivity contribution in [3.05, 3.63) is 101 Å². The van der Waals surface area contributed by atoms with Crippen molar-refractivity contribution in [3.63, 3.8) is 0 Å². The highest BCUT2D eigenvalue weighted by atomic mass is 19.1. The first kappa shape index (κ1) is 22.8. The molecule has 0 saturated carbocycles. The number of anilines is 1. The minimum Gasteiger partial charge on any atom is -0.449 e. The molecule has 0 spiro atoms. The van der Waals surface area contributed by atoms with E-state index in [9.17, 15) is 28.0 Å². The summed E-state index contributed by atoms with van der Waals surface area (Å²) in [5.74, 6) is -4.54. The Kier molecular flexibility index (Phi) is 6.18. The fourth-order valence-electron chi connectivity index (χ4n) is 3.43. The van der Waals surface area contributed by atoms with Gasteiger partial charge in [-0.25, -0.2) is 13.6 Å². The quantitative estimate of drug-likeness (QED) is 0.441. The van der Waals surface area contributed by atoms with E-state index in [1.807, 2.05) is 6.07 Å². The molecule has 3 amide bonds. The Morgan fingerprint density at radius 2 is 1.65 bits per heavy atom. The van der Waals surface area contributed by atoms with Gasteiger partial charge in [0.05, 0.1) is 28.9 Å². The molecule has 1 unspecified atom stereocenters. The lowest BCUT2D eigenvalue weighted by atomic mass is 10.1. The van der Waals surface area contributed by atoms with Crippen LogP contribution < -0.4 is 5.32 Å². The molecule has 172 valence electrons. The van der Waals surface area contributed by atoms with Crippen molar-refractivity contribution in [2.24, 2.45) is 0 Å². The van der Waals surface area contributed by atoms with Crippen LogP contribution in [0.25, 0.3) is 0 Å². The van der Waals surface area contributed by atoms with Crippen molar-refractivity contribution in [3.8, 4) is 0 Å². The van der Waals surface area contributed by atoms with Crippen LogP contribution in [0.4, 0.5) is 14.5 Å². The fourth-order valence-corrected chi connectivity index (χ4v) is 3.43. The summed E-state index contributed by atoms with van der Waals surface area (Å²) in [6.07, 6.45) is -1.32. The van der Waals surface area contributed by atoms with Crippen LogP contribution in [0.3, 0.4) is 0 Å². The number of carbonyl (C=O) groups is 4. The number of esters is 1. The number of carbonyl (C=O) groups excluding carboxylic acids is 4. The number of hydrogen-bond donors (Lipinski definition) is 1. The number of nitrogens with one attached hydrogen (secondary N) is 1. The predicted molar refractivity (Wildman–Crippen MR) is 117 cm³/mol. The minimum atomic E-state index is -1.32. The molecule has 9 heteroatoms. The zero-order chi connectivity index (χ0) is 24.4. The molecule has 0 aliphatic carbocycles. The lowest BCUT2D eigenvalue weighted by Gasteiger charge is -2.14. The van der Waals surface area contributed by atoms with Gasteiger partial charge < -0.3 is 10.1 Å². The van der Waals surface area contributed by atoms with Gasteiger partial charge in [-0.1, -0.05) is 30.3 Å². The third kappa shape index (κ3) is 4.54. The smallest absolute Gasteiger partial charge is 0.338 e. The van der Waals surface area contributed by atoms with E-state index in [0.29, 0.717) is 6.07 Å². The van der Waals surface area contributed by atoms with Crippen LogP contribution in [0.5, 0.6) is 0 Å². The van der Waals surface area contributed by atoms with E-state index in [0.717, 1.165) is 22.6 Å². The van der Waals surface area contributed by atoms with Gasteiger partial charge in [-0.15, -0.1) is 0 Å². The Bertz CT molecular complexity index is 1310. The highest BCUT2D eigenvalue weighted by Gasteiger charge is 2.36. The van der Waals surface area contributed by atoms with E-state index < -0.39 is 41.4 Å². The Morgan fingerprint density at radius 3 is 2.35 bits per heavy atom. The van der Waals surface area contributed by atoms with Crippen LogP contribution in [-0.4, -0.2) is 34.7 Å². The number of benzene rings is 3. The van der Waals surface area contributed by atoms with Gasteiger partial charge in [0.2, 0.25) is 0 Å². The maximum Gasteiger partial charge on any atom is 0.338 e. The van der Waals surface area contributed by atoms with Gasteiger partial charge in [-0.3, -0.25) is 19.3 Å². The monoisotopic (exact) mass is 464 g/mol. The van der Waals surface area contributed by atoms with Crippen molar-refractivity contribution in [1.29, 1.82) is 0 Å². The second-order valence-electron chi connectivity index (χ2n) is 7.60. The van der Waals surface area contributed by atoms with Crippen molar-refractivity contribution in [2.75, 3.05) is 5.32 Å². The van der Waals surface area contributed by atoms with E-state index in [1.54, 1.807) is 24.3 Å². The Morgan fingerprint density at radius 1 is 0.941 bits per heavy atom. The van der Waals surface area contributed by atoms with Gasteiger partial charge in [0.1, 0.15) is 11.6 Å². The second-order valence-corrected chi connectivity index (χ2v) is 7.60. The molecule has 1 N–H and O–H groups in total. The van der Waals surface area contributed by atoms with Crippen LogP contribution in [0.15, 0.2) is 66.7 Å². The normalized spacial score (nSPS) is 13.4. The average molecular weight is 464 g/mol. The molecule has 3 aromatic rings.